The maximum absolute atomic E-state index is 13.7. The summed E-state index contributed by atoms with van der Waals surface area (Å²) in [7, 11) is 0. The predicted octanol–water partition coefficient (Wildman–Crippen LogP) is 1.11. The Balaban J connectivity index is 1.49. The van der Waals surface area contributed by atoms with Gasteiger partial charge in [0, 0.05) is 69.1 Å². The Bertz CT molecular complexity index is 1070. The number of aromatic nitrogens is 3. The molecule has 3 aliphatic heterocycles. The lowest BCUT2D eigenvalue weighted by molar-refractivity contribution is -0.138. The summed E-state index contributed by atoms with van der Waals surface area (Å²) in [6.45, 7) is 5.97. The van der Waals surface area contributed by atoms with Gasteiger partial charge in [0.15, 0.2) is 0 Å². The van der Waals surface area contributed by atoms with Crippen LogP contribution in [0.5, 0.6) is 0 Å². The maximum Gasteiger partial charge on any atom is 0.257 e. The zero-order chi connectivity index (χ0) is 22.2. The molecule has 5 heterocycles. The number of amides is 2. The van der Waals surface area contributed by atoms with Crippen molar-refractivity contribution in [1.29, 1.82) is 0 Å². The van der Waals surface area contributed by atoms with Crippen molar-refractivity contribution in [3.05, 3.63) is 52.2 Å². The van der Waals surface area contributed by atoms with E-state index in [2.05, 4.69) is 5.10 Å². The van der Waals surface area contributed by atoms with Crippen LogP contribution in [0.15, 0.2) is 35.4 Å². The third-order valence-electron chi connectivity index (χ3n) is 6.93. The van der Waals surface area contributed by atoms with E-state index in [1.807, 2.05) is 22.8 Å². The van der Waals surface area contributed by atoms with Gasteiger partial charge in [-0.05, 0) is 25.8 Å². The van der Waals surface area contributed by atoms with E-state index in [4.69, 9.17) is 4.74 Å². The molecule has 0 saturated carbocycles. The maximum atomic E-state index is 13.7. The monoisotopic (exact) mass is 439 g/mol. The van der Waals surface area contributed by atoms with E-state index in [9.17, 15) is 14.4 Å². The van der Waals surface area contributed by atoms with Crippen LogP contribution in [0, 0.1) is 5.92 Å². The van der Waals surface area contributed by atoms with E-state index >= 15 is 0 Å². The molecular formula is C23H29N5O4. The molecule has 0 aliphatic carbocycles. The van der Waals surface area contributed by atoms with Crippen LogP contribution in [0.4, 0.5) is 0 Å². The molecule has 5 rings (SSSR count). The summed E-state index contributed by atoms with van der Waals surface area (Å²) in [6.07, 6.45) is 4.95. The normalized spacial score (nSPS) is 25.2. The number of hydrogen-bond donors (Lipinski definition) is 0. The number of piperidine rings is 1. The second-order valence-corrected chi connectivity index (χ2v) is 8.88. The molecule has 2 aromatic rings. The molecule has 0 aromatic carbocycles. The van der Waals surface area contributed by atoms with Crippen molar-refractivity contribution in [1.82, 2.24) is 24.1 Å². The smallest absolute Gasteiger partial charge is 0.257 e. The molecule has 9 nitrogen and oxygen atoms in total. The van der Waals surface area contributed by atoms with Gasteiger partial charge in [0.2, 0.25) is 5.91 Å². The number of aryl methyl sites for hydroxylation is 1. The van der Waals surface area contributed by atoms with Crippen LogP contribution in [-0.2, 0) is 16.1 Å². The van der Waals surface area contributed by atoms with E-state index in [1.165, 1.54) is 6.07 Å². The van der Waals surface area contributed by atoms with Crippen molar-refractivity contribution in [3.63, 3.8) is 0 Å². The van der Waals surface area contributed by atoms with E-state index in [-0.39, 0.29) is 29.2 Å². The van der Waals surface area contributed by atoms with Crippen LogP contribution in [0.3, 0.4) is 0 Å². The lowest BCUT2D eigenvalue weighted by atomic mass is 9.77. The second kappa shape index (κ2) is 8.54. The number of pyridine rings is 1. The highest BCUT2D eigenvalue weighted by molar-refractivity contribution is 5.94. The van der Waals surface area contributed by atoms with Crippen molar-refractivity contribution < 1.29 is 14.3 Å². The molecule has 2 fully saturated rings. The van der Waals surface area contributed by atoms with Crippen LogP contribution >= 0.6 is 0 Å². The fourth-order valence-corrected chi connectivity index (χ4v) is 5.40. The zero-order valence-electron chi connectivity index (χ0n) is 18.4. The molecule has 2 saturated heterocycles. The Kier molecular flexibility index (Phi) is 5.58. The molecule has 2 aromatic heterocycles. The van der Waals surface area contributed by atoms with Crippen LogP contribution in [0.2, 0.25) is 0 Å². The SMILES string of the molecule is CCn1cc(C(=O)N2C[C@@H]3C[C@H](C2)[C@H](C(=O)N2CCCOCC2)n2c3cccc2=O)cn1. The summed E-state index contributed by atoms with van der Waals surface area (Å²) in [4.78, 5) is 43.5. The van der Waals surface area contributed by atoms with Gasteiger partial charge < -0.3 is 14.5 Å². The van der Waals surface area contributed by atoms with Gasteiger partial charge in [0.05, 0.1) is 18.4 Å². The Morgan fingerprint density at radius 1 is 1.16 bits per heavy atom. The van der Waals surface area contributed by atoms with Gasteiger partial charge in [0.1, 0.15) is 6.04 Å². The lowest BCUT2D eigenvalue weighted by Crippen LogP contribution is -2.55. The molecule has 0 unspecified atom stereocenters. The minimum absolute atomic E-state index is 0.0318. The molecule has 0 N–H and O–H groups in total. The van der Waals surface area contributed by atoms with Crippen LogP contribution in [0.1, 0.15) is 47.8 Å². The molecule has 0 spiro atoms. The number of carbonyl (C=O) groups excluding carboxylic acids is 2. The van der Waals surface area contributed by atoms with Crippen molar-refractivity contribution in [2.45, 2.75) is 38.3 Å². The first-order valence-electron chi connectivity index (χ1n) is 11.5. The van der Waals surface area contributed by atoms with Crippen molar-refractivity contribution in [2.75, 3.05) is 39.4 Å². The first-order chi connectivity index (χ1) is 15.6. The Morgan fingerprint density at radius 3 is 2.84 bits per heavy atom. The van der Waals surface area contributed by atoms with E-state index < -0.39 is 6.04 Å². The summed E-state index contributed by atoms with van der Waals surface area (Å²) >= 11 is 0. The summed E-state index contributed by atoms with van der Waals surface area (Å²) in [5.41, 5.74) is 1.26. The molecule has 32 heavy (non-hydrogen) atoms. The molecular weight excluding hydrogens is 410 g/mol. The van der Waals surface area contributed by atoms with Crippen LogP contribution in [0.25, 0.3) is 0 Å². The fourth-order valence-electron chi connectivity index (χ4n) is 5.40. The van der Waals surface area contributed by atoms with Crippen molar-refractivity contribution >= 4 is 11.8 Å². The highest BCUT2D eigenvalue weighted by Gasteiger charge is 2.46. The third kappa shape index (κ3) is 3.64. The fraction of sp³-hybridized carbons (Fsp3) is 0.565. The van der Waals surface area contributed by atoms with Gasteiger partial charge in [0.25, 0.3) is 11.5 Å². The predicted molar refractivity (Wildman–Crippen MR) is 116 cm³/mol. The lowest BCUT2D eigenvalue weighted by Gasteiger charge is -2.47. The molecule has 3 aliphatic rings. The van der Waals surface area contributed by atoms with Gasteiger partial charge in [-0.2, -0.15) is 5.10 Å². The van der Waals surface area contributed by atoms with Crippen molar-refractivity contribution in [2.24, 2.45) is 5.92 Å². The Morgan fingerprint density at radius 2 is 2.03 bits per heavy atom. The third-order valence-corrected chi connectivity index (χ3v) is 6.93. The first-order valence-corrected chi connectivity index (χ1v) is 11.5. The molecule has 9 heteroatoms. The number of nitrogens with zero attached hydrogens (tertiary/aromatic N) is 5. The molecule has 170 valence electrons. The van der Waals surface area contributed by atoms with Crippen LogP contribution < -0.4 is 5.56 Å². The largest absolute Gasteiger partial charge is 0.380 e. The summed E-state index contributed by atoms with van der Waals surface area (Å²) < 4.78 is 8.96. The Labute approximate surface area is 186 Å². The quantitative estimate of drug-likeness (QED) is 0.715. The topological polar surface area (TPSA) is 89.7 Å². The summed E-state index contributed by atoms with van der Waals surface area (Å²) in [5.74, 6) is -0.186. The Hall–Kier alpha value is -2.94. The van der Waals surface area contributed by atoms with Crippen LogP contribution in [-0.4, -0.2) is 75.4 Å². The van der Waals surface area contributed by atoms with Crippen molar-refractivity contribution in [3.8, 4) is 0 Å². The van der Waals surface area contributed by atoms with Gasteiger partial charge in [-0.15, -0.1) is 0 Å². The highest BCUT2D eigenvalue weighted by Crippen LogP contribution is 2.42. The van der Waals surface area contributed by atoms with E-state index in [0.29, 0.717) is 51.5 Å². The number of ether oxygens (including phenoxy) is 1. The minimum Gasteiger partial charge on any atom is -0.380 e. The summed E-state index contributed by atoms with van der Waals surface area (Å²) in [5, 5.41) is 4.23. The number of likely N-dealkylation sites (tertiary alicyclic amines) is 1. The summed E-state index contributed by atoms with van der Waals surface area (Å²) in [6, 6.07) is 4.61. The van der Waals surface area contributed by atoms with E-state index in [1.54, 1.807) is 27.7 Å². The molecule has 0 radical (unpaired) electrons. The molecule has 3 atom stereocenters. The number of carbonyl (C=O) groups is 2. The van der Waals surface area contributed by atoms with Gasteiger partial charge in [-0.1, -0.05) is 6.07 Å². The molecule has 2 amide bonds. The average molecular weight is 440 g/mol. The standard InChI is InChI=1S/C23H29N5O4/c1-2-27-15-18(12-24-27)22(30)26-13-16-11-17(14-26)21(28-19(16)5-3-6-20(28)29)23(31)25-7-4-9-32-10-8-25/h3,5-6,12,15-17,21H,2,4,7-11,13-14H2,1H3/t16-,17+,21+/m0/s1. The molecule has 2 bridgehead atoms. The minimum atomic E-state index is -0.595. The zero-order valence-corrected chi connectivity index (χ0v) is 18.4. The second-order valence-electron chi connectivity index (χ2n) is 8.88. The van der Waals surface area contributed by atoms with Gasteiger partial charge >= 0.3 is 0 Å². The van der Waals surface area contributed by atoms with Gasteiger partial charge in [-0.25, -0.2) is 0 Å². The van der Waals surface area contributed by atoms with E-state index in [0.717, 1.165) is 18.5 Å². The van der Waals surface area contributed by atoms with Gasteiger partial charge in [-0.3, -0.25) is 23.6 Å². The average Bonchev–Trinajstić information content (AvgIpc) is 3.12. The highest BCUT2D eigenvalue weighted by atomic mass is 16.5. The number of hydrogen-bond acceptors (Lipinski definition) is 5. The number of fused-ring (bicyclic) bond motifs is 4. The number of rotatable bonds is 3. The first kappa shape index (κ1) is 20.9.